The van der Waals surface area contributed by atoms with E-state index in [0.717, 1.165) is 0 Å². The lowest BCUT2D eigenvalue weighted by atomic mass is 10.4. The Hall–Kier alpha value is -2.09. The molecule has 0 aliphatic heterocycles. The molecule has 3 N–H and O–H groups in total. The third-order valence-electron chi connectivity index (χ3n) is 1.99. The molecule has 7 nitrogen and oxygen atoms in total. The number of nitrogens with two attached hydrogens (primary N) is 1. The van der Waals surface area contributed by atoms with Gasteiger partial charge in [-0.05, 0) is 19.1 Å². The number of hydrogen-bond donors (Lipinski definition) is 2. The fourth-order valence-electron chi connectivity index (χ4n) is 1.17. The molecule has 0 amide bonds. The highest BCUT2D eigenvalue weighted by Gasteiger charge is 2.12. The molecule has 1 rings (SSSR count). The average Bonchev–Trinajstić information content (AvgIpc) is 2.38. The zero-order chi connectivity index (χ0) is 14.3. The molecule has 0 aromatic heterocycles. The Bertz CT molecular complexity index is 555. The number of sulfonamides is 1. The highest BCUT2D eigenvalue weighted by Crippen LogP contribution is 2.06. The summed E-state index contributed by atoms with van der Waals surface area (Å²) in [6.45, 7) is 1.88. The largest absolute Gasteiger partial charge is 0.466 e. The second kappa shape index (κ2) is 6.74. The minimum atomic E-state index is -3.77. The molecule has 1 aromatic rings. The number of ether oxygens (including phenoxy) is 1. The molecule has 0 unspecified atom stereocenters. The Balaban J connectivity index is 2.67. The lowest BCUT2D eigenvalue weighted by molar-refractivity contribution is -0.141. The first-order valence-electron chi connectivity index (χ1n) is 5.50. The number of rotatable bonds is 6. The van der Waals surface area contributed by atoms with Crippen LogP contribution in [0.2, 0.25) is 0 Å². The Kier molecular flexibility index (Phi) is 5.31. The Morgan fingerprint density at radius 3 is 2.58 bits per heavy atom. The number of amidine groups is 1. The maximum absolute atomic E-state index is 11.8. The summed E-state index contributed by atoms with van der Waals surface area (Å²) < 4.78 is 28.2. The fraction of sp³-hybridized carbons (Fsp3) is 0.273. The van der Waals surface area contributed by atoms with Crippen molar-refractivity contribution in [3.05, 3.63) is 30.3 Å². The number of esters is 1. The van der Waals surface area contributed by atoms with Crippen LogP contribution in [-0.4, -0.2) is 26.8 Å². The van der Waals surface area contributed by atoms with Crippen molar-refractivity contribution in [2.75, 3.05) is 6.61 Å². The first kappa shape index (κ1) is 15.0. The van der Waals surface area contributed by atoms with Crippen molar-refractivity contribution >= 4 is 21.8 Å². The summed E-state index contributed by atoms with van der Waals surface area (Å²) in [5.41, 5.74) is 5.41. The van der Waals surface area contributed by atoms with Crippen molar-refractivity contribution < 1.29 is 17.9 Å². The van der Waals surface area contributed by atoms with Crippen molar-refractivity contribution in [3.8, 4) is 0 Å². The van der Waals surface area contributed by atoms with E-state index in [4.69, 9.17) is 5.73 Å². The summed E-state index contributed by atoms with van der Waals surface area (Å²) in [5, 5.41) is 3.45. The van der Waals surface area contributed by atoms with Gasteiger partial charge in [0.05, 0.1) is 11.5 Å². The quantitative estimate of drug-likeness (QED) is 0.335. The van der Waals surface area contributed by atoms with Gasteiger partial charge in [-0.2, -0.15) is 18.4 Å². The van der Waals surface area contributed by atoms with Crippen LogP contribution in [0.1, 0.15) is 13.3 Å². The van der Waals surface area contributed by atoms with Crippen LogP contribution in [0.4, 0.5) is 0 Å². The lowest BCUT2D eigenvalue weighted by Crippen LogP contribution is -2.25. The summed E-state index contributed by atoms with van der Waals surface area (Å²) in [5.74, 6) is -0.736. The Labute approximate surface area is 111 Å². The van der Waals surface area contributed by atoms with Gasteiger partial charge in [0.25, 0.3) is 10.0 Å². The van der Waals surface area contributed by atoms with Crippen LogP contribution >= 0.6 is 0 Å². The predicted molar refractivity (Wildman–Crippen MR) is 69.6 cm³/mol. The average molecular weight is 285 g/mol. The van der Waals surface area contributed by atoms with E-state index in [0.29, 0.717) is 0 Å². The summed E-state index contributed by atoms with van der Waals surface area (Å²) in [4.78, 5) is 13.1. The van der Waals surface area contributed by atoms with Crippen molar-refractivity contribution in [2.24, 2.45) is 10.8 Å². The normalized spacial score (nSPS) is 11.9. The molecular weight excluding hydrogens is 270 g/mol. The molecule has 104 valence electrons. The number of nitrogens with zero attached hydrogens (tertiary/aromatic N) is 1. The lowest BCUT2D eigenvalue weighted by Gasteiger charge is -2.04. The summed E-state index contributed by atoms with van der Waals surface area (Å²) in [6.07, 6.45) is -0.273. The molecule has 0 aliphatic carbocycles. The third kappa shape index (κ3) is 4.96. The molecule has 0 saturated carbocycles. The SMILES string of the molecule is CCOC(=O)CC(N)=NNS(=O)(=O)c1ccccc1. The highest BCUT2D eigenvalue weighted by molar-refractivity contribution is 7.89. The molecule has 8 heteroatoms. The molecule has 0 fully saturated rings. The highest BCUT2D eigenvalue weighted by atomic mass is 32.2. The number of carbonyl (C=O) groups excluding carboxylic acids is 1. The number of carbonyl (C=O) groups is 1. The summed E-state index contributed by atoms with van der Waals surface area (Å²) >= 11 is 0. The number of nitrogens with one attached hydrogen (secondary N) is 1. The third-order valence-corrected chi connectivity index (χ3v) is 3.22. The predicted octanol–water partition coefficient (Wildman–Crippen LogP) is 0.190. The van der Waals surface area contributed by atoms with Crippen molar-refractivity contribution in [2.45, 2.75) is 18.2 Å². The van der Waals surface area contributed by atoms with Gasteiger partial charge in [-0.25, -0.2) is 0 Å². The zero-order valence-corrected chi connectivity index (χ0v) is 11.2. The number of hydrogen-bond acceptors (Lipinski definition) is 5. The van der Waals surface area contributed by atoms with Gasteiger partial charge in [0, 0.05) is 0 Å². The fourth-order valence-corrected chi connectivity index (χ4v) is 2.03. The topological polar surface area (TPSA) is 111 Å². The van der Waals surface area contributed by atoms with E-state index >= 15 is 0 Å². The number of benzene rings is 1. The molecule has 0 saturated heterocycles. The second-order valence-electron chi connectivity index (χ2n) is 3.49. The second-order valence-corrected chi connectivity index (χ2v) is 5.15. The van der Waals surface area contributed by atoms with E-state index in [1.807, 2.05) is 4.83 Å². The maximum atomic E-state index is 11.8. The van der Waals surface area contributed by atoms with Gasteiger partial charge in [0.1, 0.15) is 12.3 Å². The van der Waals surface area contributed by atoms with Gasteiger partial charge < -0.3 is 10.5 Å². The van der Waals surface area contributed by atoms with Crippen LogP contribution in [0, 0.1) is 0 Å². The summed E-state index contributed by atoms with van der Waals surface area (Å²) in [6, 6.07) is 7.69. The molecule has 0 spiro atoms. The van der Waals surface area contributed by atoms with Gasteiger partial charge in [-0.15, -0.1) is 0 Å². The summed E-state index contributed by atoms with van der Waals surface area (Å²) in [7, 11) is -3.77. The molecule has 0 aliphatic rings. The molecular formula is C11H15N3O4S. The Morgan fingerprint density at radius 1 is 1.37 bits per heavy atom. The van der Waals surface area contributed by atoms with Crippen LogP contribution in [0.25, 0.3) is 0 Å². The van der Waals surface area contributed by atoms with E-state index in [2.05, 4.69) is 9.84 Å². The van der Waals surface area contributed by atoms with Crippen molar-refractivity contribution in [3.63, 3.8) is 0 Å². The van der Waals surface area contributed by atoms with E-state index in [9.17, 15) is 13.2 Å². The zero-order valence-electron chi connectivity index (χ0n) is 10.4. The van der Waals surface area contributed by atoms with Crippen LogP contribution < -0.4 is 10.6 Å². The van der Waals surface area contributed by atoms with E-state index in [1.165, 1.54) is 12.1 Å². The van der Waals surface area contributed by atoms with Gasteiger partial charge in [-0.1, -0.05) is 18.2 Å². The molecule has 0 radical (unpaired) electrons. The van der Waals surface area contributed by atoms with Gasteiger partial charge in [0.2, 0.25) is 0 Å². The van der Waals surface area contributed by atoms with Gasteiger partial charge >= 0.3 is 5.97 Å². The monoisotopic (exact) mass is 285 g/mol. The number of hydrazone groups is 1. The van der Waals surface area contributed by atoms with Crippen LogP contribution in [0.5, 0.6) is 0 Å². The molecule has 1 aromatic carbocycles. The van der Waals surface area contributed by atoms with E-state index < -0.39 is 16.0 Å². The minimum absolute atomic E-state index is 0.0580. The Morgan fingerprint density at radius 2 is 2.00 bits per heavy atom. The molecule has 0 atom stereocenters. The first-order chi connectivity index (χ1) is 8.95. The minimum Gasteiger partial charge on any atom is -0.466 e. The van der Waals surface area contributed by atoms with E-state index in [-0.39, 0.29) is 23.8 Å². The van der Waals surface area contributed by atoms with Crippen molar-refractivity contribution in [1.29, 1.82) is 0 Å². The molecule has 0 bridgehead atoms. The van der Waals surface area contributed by atoms with Crippen LogP contribution in [-0.2, 0) is 19.6 Å². The standard InChI is InChI=1S/C11H15N3O4S/c1-2-18-11(15)8-10(12)13-14-19(16,17)9-6-4-3-5-7-9/h3-7,14H,2,8H2,1H3,(H2,12,13). The van der Waals surface area contributed by atoms with Gasteiger partial charge in [0.15, 0.2) is 0 Å². The van der Waals surface area contributed by atoms with Crippen molar-refractivity contribution in [1.82, 2.24) is 4.83 Å². The van der Waals surface area contributed by atoms with Crippen LogP contribution in [0.3, 0.4) is 0 Å². The maximum Gasteiger partial charge on any atom is 0.313 e. The first-order valence-corrected chi connectivity index (χ1v) is 6.98. The smallest absolute Gasteiger partial charge is 0.313 e. The molecule has 19 heavy (non-hydrogen) atoms. The van der Waals surface area contributed by atoms with E-state index in [1.54, 1.807) is 25.1 Å². The molecule has 0 heterocycles. The van der Waals surface area contributed by atoms with Gasteiger partial charge in [-0.3, -0.25) is 4.79 Å². The van der Waals surface area contributed by atoms with Crippen LogP contribution in [0.15, 0.2) is 40.3 Å².